The van der Waals surface area contributed by atoms with Crippen LogP contribution in [0.15, 0.2) is 51.8 Å². The molecule has 0 radical (unpaired) electrons. The van der Waals surface area contributed by atoms with Gasteiger partial charge in [0, 0.05) is 17.6 Å². The largest absolute Gasteiger partial charge is 0.492 e. The highest BCUT2D eigenvalue weighted by molar-refractivity contribution is 9.10. The van der Waals surface area contributed by atoms with E-state index in [1.807, 2.05) is 31.2 Å². The van der Waals surface area contributed by atoms with Gasteiger partial charge in [0.2, 0.25) is 0 Å². The first-order valence-corrected chi connectivity index (χ1v) is 12.6. The molecule has 164 valence electrons. The Morgan fingerprint density at radius 2 is 1.94 bits per heavy atom. The number of para-hydroxylation sites is 2. The van der Waals surface area contributed by atoms with Crippen molar-refractivity contribution in [3.05, 3.63) is 46.9 Å². The number of halogens is 1. The smallest absolute Gasteiger partial charge is 0.266 e. The van der Waals surface area contributed by atoms with Crippen LogP contribution in [-0.4, -0.2) is 38.1 Å². The zero-order chi connectivity index (χ0) is 22.0. The SMILES string of the molecule is CCOc1ccc(Br)cc1S(=O)(=O)Nc1nc2ccccc2nc1N1CCCC(C)C1. The van der Waals surface area contributed by atoms with E-state index in [0.717, 1.165) is 31.4 Å². The van der Waals surface area contributed by atoms with Gasteiger partial charge in [-0.1, -0.05) is 35.0 Å². The number of anilines is 2. The van der Waals surface area contributed by atoms with Crippen molar-refractivity contribution in [2.24, 2.45) is 5.92 Å². The summed E-state index contributed by atoms with van der Waals surface area (Å²) in [5, 5.41) is 0. The standard InChI is InChI=1S/C22H25BrN4O3S/c1-3-30-19-11-10-16(23)13-20(19)31(28,29)26-21-22(27-12-6-7-15(2)14-27)25-18-9-5-4-8-17(18)24-21/h4-5,8-11,13,15H,3,6-7,12,14H2,1-2H3,(H,24,26). The normalized spacial score (nSPS) is 17.0. The van der Waals surface area contributed by atoms with E-state index in [-0.39, 0.29) is 10.7 Å². The van der Waals surface area contributed by atoms with E-state index in [1.165, 1.54) is 6.07 Å². The van der Waals surface area contributed by atoms with Gasteiger partial charge in [-0.2, -0.15) is 0 Å². The third-order valence-corrected chi connectivity index (χ3v) is 7.09. The van der Waals surface area contributed by atoms with Crippen LogP contribution in [0.1, 0.15) is 26.7 Å². The summed E-state index contributed by atoms with van der Waals surface area (Å²) in [5.74, 6) is 1.58. The van der Waals surface area contributed by atoms with Crippen molar-refractivity contribution in [1.82, 2.24) is 9.97 Å². The Morgan fingerprint density at radius 3 is 2.65 bits per heavy atom. The number of sulfonamides is 1. The van der Waals surface area contributed by atoms with Gasteiger partial charge in [0.05, 0.1) is 17.6 Å². The summed E-state index contributed by atoms with van der Waals surface area (Å²) in [6.07, 6.45) is 2.18. The lowest BCUT2D eigenvalue weighted by molar-refractivity contribution is 0.331. The third-order valence-electron chi connectivity index (χ3n) is 5.23. The molecule has 1 aliphatic rings. The van der Waals surface area contributed by atoms with E-state index in [1.54, 1.807) is 12.1 Å². The van der Waals surface area contributed by atoms with Gasteiger partial charge in [0.25, 0.3) is 10.0 Å². The minimum absolute atomic E-state index is 0.0524. The Morgan fingerprint density at radius 1 is 1.19 bits per heavy atom. The highest BCUT2D eigenvalue weighted by atomic mass is 79.9. The predicted octanol–water partition coefficient (Wildman–Crippen LogP) is 4.83. The summed E-state index contributed by atoms with van der Waals surface area (Å²) >= 11 is 3.36. The van der Waals surface area contributed by atoms with Gasteiger partial charge in [-0.25, -0.2) is 18.4 Å². The van der Waals surface area contributed by atoms with Crippen LogP contribution in [0.4, 0.5) is 11.6 Å². The molecule has 1 saturated heterocycles. The molecule has 1 aromatic heterocycles. The number of hydrogen-bond donors (Lipinski definition) is 1. The molecule has 0 aliphatic carbocycles. The molecule has 2 heterocycles. The van der Waals surface area contributed by atoms with Crippen molar-refractivity contribution >= 4 is 48.6 Å². The molecule has 1 N–H and O–H groups in total. The van der Waals surface area contributed by atoms with E-state index >= 15 is 0 Å². The lowest BCUT2D eigenvalue weighted by Crippen LogP contribution is -2.35. The fourth-order valence-corrected chi connectivity index (χ4v) is 5.50. The van der Waals surface area contributed by atoms with Crippen LogP contribution < -0.4 is 14.4 Å². The number of nitrogens with zero attached hydrogens (tertiary/aromatic N) is 3. The molecule has 3 aromatic rings. The number of rotatable bonds is 6. The maximum Gasteiger partial charge on any atom is 0.266 e. The first-order valence-electron chi connectivity index (χ1n) is 10.3. The Labute approximate surface area is 191 Å². The zero-order valence-corrected chi connectivity index (χ0v) is 19.9. The van der Waals surface area contributed by atoms with Crippen LogP contribution in [0, 0.1) is 5.92 Å². The van der Waals surface area contributed by atoms with E-state index in [2.05, 4.69) is 37.5 Å². The molecule has 0 spiro atoms. The second-order valence-corrected chi connectivity index (χ2v) is 10.3. The maximum atomic E-state index is 13.4. The molecular weight excluding hydrogens is 480 g/mol. The summed E-state index contributed by atoms with van der Waals surface area (Å²) in [4.78, 5) is 11.6. The van der Waals surface area contributed by atoms with Crippen molar-refractivity contribution in [2.75, 3.05) is 29.3 Å². The number of nitrogens with one attached hydrogen (secondary N) is 1. The summed E-state index contributed by atoms with van der Waals surface area (Å²) in [5.41, 5.74) is 1.37. The van der Waals surface area contributed by atoms with Gasteiger partial charge >= 0.3 is 0 Å². The Hall–Kier alpha value is -2.39. The van der Waals surface area contributed by atoms with Crippen molar-refractivity contribution < 1.29 is 13.2 Å². The molecule has 1 unspecified atom stereocenters. The third kappa shape index (κ3) is 4.77. The quantitative estimate of drug-likeness (QED) is 0.517. The molecule has 0 saturated carbocycles. The summed E-state index contributed by atoms with van der Waals surface area (Å²) in [6, 6.07) is 12.4. The molecule has 2 aromatic carbocycles. The minimum atomic E-state index is -3.97. The summed E-state index contributed by atoms with van der Waals surface area (Å²) in [6.45, 7) is 5.99. The van der Waals surface area contributed by atoms with Crippen molar-refractivity contribution in [2.45, 2.75) is 31.6 Å². The zero-order valence-electron chi connectivity index (χ0n) is 17.5. The van der Waals surface area contributed by atoms with Gasteiger partial charge in [-0.05, 0) is 56.0 Å². The number of aromatic nitrogens is 2. The number of hydrogen-bond acceptors (Lipinski definition) is 6. The molecule has 4 rings (SSSR count). The number of fused-ring (bicyclic) bond motifs is 1. The van der Waals surface area contributed by atoms with Crippen LogP contribution in [0.25, 0.3) is 11.0 Å². The monoisotopic (exact) mass is 504 g/mol. The van der Waals surface area contributed by atoms with Gasteiger partial charge in [-0.3, -0.25) is 4.72 Å². The van der Waals surface area contributed by atoms with Crippen LogP contribution in [0.3, 0.4) is 0 Å². The molecule has 1 fully saturated rings. The number of piperidine rings is 1. The van der Waals surface area contributed by atoms with Gasteiger partial charge < -0.3 is 9.64 Å². The second kappa shape index (κ2) is 9.00. The average molecular weight is 505 g/mol. The molecule has 9 heteroatoms. The van der Waals surface area contributed by atoms with Crippen molar-refractivity contribution in [3.63, 3.8) is 0 Å². The Balaban J connectivity index is 1.80. The summed E-state index contributed by atoms with van der Waals surface area (Å²) in [7, 11) is -3.97. The Bertz CT molecular complexity index is 1200. The maximum absolute atomic E-state index is 13.4. The van der Waals surface area contributed by atoms with Gasteiger partial charge in [0.15, 0.2) is 11.6 Å². The van der Waals surface area contributed by atoms with E-state index < -0.39 is 10.0 Å². The lowest BCUT2D eigenvalue weighted by atomic mass is 10.0. The number of ether oxygens (including phenoxy) is 1. The Kier molecular flexibility index (Phi) is 6.34. The minimum Gasteiger partial charge on any atom is -0.492 e. The van der Waals surface area contributed by atoms with Gasteiger partial charge in [-0.15, -0.1) is 0 Å². The highest BCUT2D eigenvalue weighted by Gasteiger charge is 2.27. The topological polar surface area (TPSA) is 84.4 Å². The highest BCUT2D eigenvalue weighted by Crippen LogP contribution is 2.33. The van der Waals surface area contributed by atoms with E-state index in [9.17, 15) is 8.42 Å². The molecule has 0 bridgehead atoms. The molecule has 31 heavy (non-hydrogen) atoms. The van der Waals surface area contributed by atoms with Crippen molar-refractivity contribution in [1.29, 1.82) is 0 Å². The molecule has 7 nitrogen and oxygen atoms in total. The van der Waals surface area contributed by atoms with Gasteiger partial charge in [0.1, 0.15) is 10.6 Å². The predicted molar refractivity (Wildman–Crippen MR) is 126 cm³/mol. The second-order valence-electron chi connectivity index (χ2n) is 7.71. The molecule has 0 amide bonds. The fourth-order valence-electron chi connectivity index (χ4n) is 3.81. The van der Waals surface area contributed by atoms with Crippen LogP contribution in [-0.2, 0) is 10.0 Å². The number of benzene rings is 2. The lowest BCUT2D eigenvalue weighted by Gasteiger charge is -2.32. The van der Waals surface area contributed by atoms with E-state index in [4.69, 9.17) is 9.72 Å². The average Bonchev–Trinajstić information content (AvgIpc) is 2.74. The van der Waals surface area contributed by atoms with Crippen LogP contribution in [0.2, 0.25) is 0 Å². The van der Waals surface area contributed by atoms with E-state index in [0.29, 0.717) is 34.1 Å². The molecule has 1 atom stereocenters. The summed E-state index contributed by atoms with van der Waals surface area (Å²) < 4.78 is 35.7. The first-order chi connectivity index (χ1) is 14.9. The molecular formula is C22H25BrN4O3S. The molecule has 1 aliphatic heterocycles. The van der Waals surface area contributed by atoms with Crippen molar-refractivity contribution in [3.8, 4) is 5.75 Å². The first kappa shape index (κ1) is 21.8. The fraction of sp³-hybridized carbons (Fsp3) is 0.364. The van der Waals surface area contributed by atoms with Crippen LogP contribution >= 0.6 is 15.9 Å². The van der Waals surface area contributed by atoms with Crippen LogP contribution in [0.5, 0.6) is 5.75 Å².